The van der Waals surface area contributed by atoms with Crippen LogP contribution in [0.1, 0.15) is 37.0 Å². The molecule has 0 radical (unpaired) electrons. The zero-order chi connectivity index (χ0) is 17.7. The van der Waals surface area contributed by atoms with Crippen LogP contribution >= 0.6 is 11.6 Å². The molecule has 0 amide bonds. The van der Waals surface area contributed by atoms with Crippen molar-refractivity contribution in [2.24, 2.45) is 0 Å². The van der Waals surface area contributed by atoms with Crippen LogP contribution in [0, 0.1) is 0 Å². The van der Waals surface area contributed by atoms with Gasteiger partial charge in [0.2, 0.25) is 0 Å². The third-order valence-corrected chi connectivity index (χ3v) is 3.63. The molecule has 0 aliphatic rings. The van der Waals surface area contributed by atoms with Gasteiger partial charge >= 0.3 is 6.18 Å². The van der Waals surface area contributed by atoms with E-state index < -0.39 is 17.8 Å². The maximum Gasteiger partial charge on any atom is 0.416 e. The predicted octanol–water partition coefficient (Wildman–Crippen LogP) is 5.85. The number of carbonyl (C=O) groups excluding carboxylic acids is 1. The van der Waals surface area contributed by atoms with Crippen LogP contribution in [0.3, 0.4) is 0 Å². The molecule has 0 saturated carbocycles. The minimum absolute atomic E-state index is 0.00534. The van der Waals surface area contributed by atoms with Gasteiger partial charge in [0.15, 0.2) is 11.9 Å². The van der Waals surface area contributed by atoms with Crippen LogP contribution < -0.4 is 4.74 Å². The maximum atomic E-state index is 12.8. The molecule has 0 aromatic heterocycles. The number of carbonyl (C=O) groups is 1. The average Bonchev–Trinajstić information content (AvgIpc) is 2.53. The molecule has 1 atom stereocenters. The van der Waals surface area contributed by atoms with Gasteiger partial charge < -0.3 is 4.74 Å². The van der Waals surface area contributed by atoms with Crippen molar-refractivity contribution in [3.05, 3.63) is 64.7 Å². The zero-order valence-electron chi connectivity index (χ0n) is 12.9. The molecular formula is C18H16ClF3O2. The zero-order valence-corrected chi connectivity index (χ0v) is 13.7. The van der Waals surface area contributed by atoms with Crippen LogP contribution in [0.25, 0.3) is 0 Å². The highest BCUT2D eigenvalue weighted by molar-refractivity contribution is 6.30. The Labute approximate surface area is 143 Å². The van der Waals surface area contributed by atoms with Gasteiger partial charge in [-0.1, -0.05) is 36.7 Å². The van der Waals surface area contributed by atoms with Gasteiger partial charge in [0.25, 0.3) is 0 Å². The van der Waals surface area contributed by atoms with Crippen LogP contribution in [0.2, 0.25) is 5.02 Å². The smallest absolute Gasteiger partial charge is 0.416 e. The summed E-state index contributed by atoms with van der Waals surface area (Å²) in [5, 5.41) is 0.500. The summed E-state index contributed by atoms with van der Waals surface area (Å²) in [6.45, 7) is 1.85. The number of ether oxygens (including phenoxy) is 1. The number of Topliss-reactive ketones (excluding diaryl/α,β-unsaturated/α-hetero) is 1. The van der Waals surface area contributed by atoms with Gasteiger partial charge in [-0.05, 0) is 42.3 Å². The molecule has 0 spiro atoms. The van der Waals surface area contributed by atoms with Crippen molar-refractivity contribution in [2.45, 2.75) is 32.0 Å². The fourth-order valence-corrected chi connectivity index (χ4v) is 2.34. The molecule has 1 unspecified atom stereocenters. The van der Waals surface area contributed by atoms with Gasteiger partial charge in [0.1, 0.15) is 5.75 Å². The summed E-state index contributed by atoms with van der Waals surface area (Å²) in [5.41, 5.74) is -0.270. The number of benzene rings is 2. The Hall–Kier alpha value is -2.01. The second-order valence-corrected chi connectivity index (χ2v) is 5.73. The fraction of sp³-hybridized carbons (Fsp3) is 0.278. The molecule has 128 valence electrons. The third kappa shape index (κ3) is 4.74. The number of ketones is 1. The minimum atomic E-state index is -4.47. The summed E-state index contributed by atoms with van der Waals surface area (Å²) in [6.07, 6.45) is -4.55. The van der Waals surface area contributed by atoms with E-state index in [2.05, 4.69) is 0 Å². The second kappa shape index (κ2) is 7.71. The van der Waals surface area contributed by atoms with Gasteiger partial charge in [-0.2, -0.15) is 13.2 Å². The van der Waals surface area contributed by atoms with E-state index in [0.717, 1.165) is 12.1 Å². The Kier molecular flexibility index (Phi) is 5.89. The fourth-order valence-electron chi connectivity index (χ4n) is 2.22. The quantitative estimate of drug-likeness (QED) is 0.649. The Balaban J connectivity index is 2.32. The van der Waals surface area contributed by atoms with Crippen molar-refractivity contribution in [3.63, 3.8) is 0 Å². The van der Waals surface area contributed by atoms with Crippen molar-refractivity contribution in [1.29, 1.82) is 0 Å². The Morgan fingerprint density at radius 1 is 1.17 bits per heavy atom. The standard InChI is InChI=1S/C18H16ClF3O2/c1-2-4-16(23)17(12-7-9-14(19)10-8-12)24-15-6-3-5-13(11-15)18(20,21)22/h3,5-11,17H,2,4H2,1H3. The highest BCUT2D eigenvalue weighted by atomic mass is 35.5. The molecule has 0 fully saturated rings. The lowest BCUT2D eigenvalue weighted by molar-refractivity contribution is -0.137. The van der Waals surface area contributed by atoms with Gasteiger partial charge in [0.05, 0.1) is 5.56 Å². The van der Waals surface area contributed by atoms with Crippen molar-refractivity contribution in [3.8, 4) is 5.75 Å². The molecule has 2 aromatic rings. The van der Waals surface area contributed by atoms with Crippen LogP contribution in [0.4, 0.5) is 13.2 Å². The number of hydrogen-bond donors (Lipinski definition) is 0. The van der Waals surface area contributed by atoms with E-state index in [0.29, 0.717) is 17.0 Å². The molecule has 24 heavy (non-hydrogen) atoms. The van der Waals surface area contributed by atoms with Gasteiger partial charge in [0, 0.05) is 11.4 Å². The molecule has 0 N–H and O–H groups in total. The van der Waals surface area contributed by atoms with E-state index in [1.165, 1.54) is 12.1 Å². The number of hydrogen-bond acceptors (Lipinski definition) is 2. The summed E-state index contributed by atoms with van der Waals surface area (Å²) in [7, 11) is 0. The summed E-state index contributed by atoms with van der Waals surface area (Å²) in [4.78, 5) is 12.3. The van der Waals surface area contributed by atoms with E-state index in [-0.39, 0.29) is 18.0 Å². The first-order chi connectivity index (χ1) is 11.3. The number of halogens is 4. The van der Waals surface area contributed by atoms with Crippen LogP contribution in [-0.4, -0.2) is 5.78 Å². The Morgan fingerprint density at radius 2 is 1.83 bits per heavy atom. The molecule has 0 aliphatic heterocycles. The van der Waals surface area contributed by atoms with Crippen molar-refractivity contribution >= 4 is 17.4 Å². The van der Waals surface area contributed by atoms with Crippen LogP contribution in [0.15, 0.2) is 48.5 Å². The average molecular weight is 357 g/mol. The molecule has 0 heterocycles. The molecule has 6 heteroatoms. The molecule has 0 saturated heterocycles. The summed E-state index contributed by atoms with van der Waals surface area (Å²) in [6, 6.07) is 11.0. The lowest BCUT2D eigenvalue weighted by Gasteiger charge is -2.19. The molecule has 2 aromatic carbocycles. The van der Waals surface area contributed by atoms with E-state index in [1.807, 2.05) is 6.92 Å². The lowest BCUT2D eigenvalue weighted by atomic mass is 10.0. The first-order valence-corrected chi connectivity index (χ1v) is 7.81. The van der Waals surface area contributed by atoms with Gasteiger partial charge in [-0.15, -0.1) is 0 Å². The minimum Gasteiger partial charge on any atom is -0.478 e. The second-order valence-electron chi connectivity index (χ2n) is 5.29. The van der Waals surface area contributed by atoms with Gasteiger partial charge in [-0.25, -0.2) is 0 Å². The highest BCUT2D eigenvalue weighted by Gasteiger charge is 2.31. The SMILES string of the molecule is CCCC(=O)C(Oc1cccc(C(F)(F)F)c1)c1ccc(Cl)cc1. The van der Waals surface area contributed by atoms with Crippen molar-refractivity contribution in [2.75, 3.05) is 0 Å². The summed E-state index contributed by atoms with van der Waals surface area (Å²) in [5.74, 6) is -0.202. The van der Waals surface area contributed by atoms with Crippen LogP contribution in [0.5, 0.6) is 5.75 Å². The molecule has 2 nitrogen and oxygen atoms in total. The number of alkyl halides is 3. The normalized spacial score (nSPS) is 12.7. The summed E-state index contributed by atoms with van der Waals surface area (Å²) >= 11 is 5.84. The molecule has 2 rings (SSSR count). The molecule has 0 bridgehead atoms. The molecule has 0 aliphatic carbocycles. The monoisotopic (exact) mass is 356 g/mol. The highest BCUT2D eigenvalue weighted by Crippen LogP contribution is 2.33. The first-order valence-electron chi connectivity index (χ1n) is 7.43. The van der Waals surface area contributed by atoms with E-state index in [1.54, 1.807) is 24.3 Å². The topological polar surface area (TPSA) is 26.3 Å². The van der Waals surface area contributed by atoms with E-state index in [9.17, 15) is 18.0 Å². The largest absolute Gasteiger partial charge is 0.478 e. The first kappa shape index (κ1) is 18.3. The Bertz CT molecular complexity index is 696. The van der Waals surface area contributed by atoms with Crippen molar-refractivity contribution in [1.82, 2.24) is 0 Å². The predicted molar refractivity (Wildman–Crippen MR) is 86.2 cm³/mol. The lowest BCUT2D eigenvalue weighted by Crippen LogP contribution is -2.19. The Morgan fingerprint density at radius 3 is 2.42 bits per heavy atom. The van der Waals surface area contributed by atoms with Crippen LogP contribution in [-0.2, 0) is 11.0 Å². The van der Waals surface area contributed by atoms with E-state index >= 15 is 0 Å². The van der Waals surface area contributed by atoms with Crippen molar-refractivity contribution < 1.29 is 22.7 Å². The van der Waals surface area contributed by atoms with Gasteiger partial charge in [-0.3, -0.25) is 4.79 Å². The molecular weight excluding hydrogens is 341 g/mol. The maximum absolute atomic E-state index is 12.8. The van der Waals surface area contributed by atoms with E-state index in [4.69, 9.17) is 16.3 Å². The third-order valence-electron chi connectivity index (χ3n) is 3.38. The summed E-state index contributed by atoms with van der Waals surface area (Å²) < 4.78 is 44.0. The number of rotatable bonds is 6.